The summed E-state index contributed by atoms with van der Waals surface area (Å²) in [6, 6.07) is 4.76. The largest absolute Gasteiger partial charge is 0.481 e. The lowest BCUT2D eigenvalue weighted by molar-refractivity contribution is -0.387. The van der Waals surface area contributed by atoms with Gasteiger partial charge in [-0.3, -0.25) is 14.9 Å². The van der Waals surface area contributed by atoms with Gasteiger partial charge in [0, 0.05) is 15.9 Å². The van der Waals surface area contributed by atoms with Crippen LogP contribution in [0.15, 0.2) is 37.3 Å². The molecule has 0 aliphatic rings. The molecule has 0 aliphatic heterocycles. The molecule has 104 valence electrons. The molecule has 0 amide bonds. The average Bonchev–Trinajstić information content (AvgIpc) is 2.77. The van der Waals surface area contributed by atoms with Crippen LogP contribution >= 0.6 is 39.0 Å². The van der Waals surface area contributed by atoms with Gasteiger partial charge in [-0.2, -0.15) is 0 Å². The Labute approximate surface area is 130 Å². The summed E-state index contributed by atoms with van der Waals surface area (Å²) >= 11 is 5.61. The molecule has 0 fully saturated rings. The number of nitro groups is 1. The van der Waals surface area contributed by atoms with Crippen molar-refractivity contribution in [3.8, 4) is 0 Å². The van der Waals surface area contributed by atoms with Crippen molar-refractivity contribution in [3.05, 3.63) is 43.9 Å². The van der Waals surface area contributed by atoms with Crippen molar-refractivity contribution in [1.29, 1.82) is 0 Å². The number of thiazole rings is 1. The van der Waals surface area contributed by atoms with Crippen LogP contribution in [-0.2, 0) is 11.2 Å². The molecule has 2 aromatic rings. The van der Waals surface area contributed by atoms with E-state index in [0.29, 0.717) is 19.4 Å². The molecule has 0 unspecified atom stereocenters. The number of benzene rings is 1. The van der Waals surface area contributed by atoms with Crippen LogP contribution in [0.2, 0.25) is 0 Å². The van der Waals surface area contributed by atoms with Crippen LogP contribution in [0, 0.1) is 10.1 Å². The van der Waals surface area contributed by atoms with Crippen molar-refractivity contribution in [2.75, 3.05) is 0 Å². The van der Waals surface area contributed by atoms with Gasteiger partial charge in [0.1, 0.15) is 0 Å². The lowest BCUT2D eigenvalue weighted by Gasteiger charge is -2.00. The molecular weight excluding hydrogens is 368 g/mol. The highest BCUT2D eigenvalue weighted by atomic mass is 79.9. The Hall–Kier alpha value is -1.45. The molecule has 1 N–H and O–H groups in total. The van der Waals surface area contributed by atoms with Crippen LogP contribution in [0.4, 0.5) is 5.69 Å². The number of aromatic nitrogens is 1. The van der Waals surface area contributed by atoms with Crippen LogP contribution in [-0.4, -0.2) is 21.0 Å². The summed E-state index contributed by atoms with van der Waals surface area (Å²) in [5, 5.41) is 21.3. The first-order valence-electron chi connectivity index (χ1n) is 5.23. The highest BCUT2D eigenvalue weighted by molar-refractivity contribution is 9.10. The van der Waals surface area contributed by atoms with E-state index in [1.165, 1.54) is 17.4 Å². The zero-order chi connectivity index (χ0) is 14.7. The third kappa shape index (κ3) is 3.78. The Morgan fingerprint density at radius 2 is 2.30 bits per heavy atom. The van der Waals surface area contributed by atoms with E-state index in [4.69, 9.17) is 5.11 Å². The van der Waals surface area contributed by atoms with Crippen molar-refractivity contribution in [2.45, 2.75) is 15.7 Å². The molecule has 1 aromatic heterocycles. The number of nitro benzene ring substituents is 1. The van der Waals surface area contributed by atoms with Crippen molar-refractivity contribution >= 4 is 50.7 Å². The van der Waals surface area contributed by atoms with Crippen LogP contribution in [0.1, 0.15) is 5.69 Å². The highest BCUT2D eigenvalue weighted by Crippen LogP contribution is 2.37. The average molecular weight is 375 g/mol. The van der Waals surface area contributed by atoms with Crippen molar-refractivity contribution < 1.29 is 14.8 Å². The normalized spacial score (nSPS) is 10.4. The monoisotopic (exact) mass is 374 g/mol. The summed E-state index contributed by atoms with van der Waals surface area (Å²) in [4.78, 5) is 25.7. The number of nitrogens with zero attached hydrogens (tertiary/aromatic N) is 2. The van der Waals surface area contributed by atoms with Crippen LogP contribution in [0.5, 0.6) is 0 Å². The molecule has 0 saturated carbocycles. The topological polar surface area (TPSA) is 93.3 Å². The second-order valence-corrected chi connectivity index (χ2v) is 6.71. The van der Waals surface area contributed by atoms with E-state index in [2.05, 4.69) is 20.9 Å². The molecule has 0 aliphatic carbocycles. The smallest absolute Gasteiger partial charge is 0.309 e. The van der Waals surface area contributed by atoms with E-state index in [0.717, 1.165) is 11.8 Å². The van der Waals surface area contributed by atoms with Crippen LogP contribution in [0.3, 0.4) is 0 Å². The molecule has 1 heterocycles. The number of hydrogen-bond acceptors (Lipinski definition) is 6. The standard InChI is InChI=1S/C11H7BrN2O4S2/c12-6-1-2-9(8(3-6)14(17)18)20-11-13-7(5-19-11)4-10(15)16/h1-3,5H,4H2,(H,15,16). The maximum Gasteiger partial charge on any atom is 0.309 e. The third-order valence-electron chi connectivity index (χ3n) is 2.18. The number of carboxylic acids is 1. The van der Waals surface area contributed by atoms with Gasteiger partial charge >= 0.3 is 5.97 Å². The first kappa shape index (κ1) is 14.9. The van der Waals surface area contributed by atoms with Gasteiger partial charge in [-0.25, -0.2) is 4.98 Å². The van der Waals surface area contributed by atoms with E-state index < -0.39 is 10.9 Å². The number of rotatable bonds is 5. The number of carboxylic acid groups (broad SMARTS) is 1. The molecule has 0 radical (unpaired) electrons. The summed E-state index contributed by atoms with van der Waals surface area (Å²) < 4.78 is 1.20. The maximum absolute atomic E-state index is 11.0. The van der Waals surface area contributed by atoms with Gasteiger partial charge < -0.3 is 5.11 Å². The van der Waals surface area contributed by atoms with Gasteiger partial charge in [-0.15, -0.1) is 11.3 Å². The Bertz CT molecular complexity index is 674. The highest BCUT2D eigenvalue weighted by Gasteiger charge is 2.17. The van der Waals surface area contributed by atoms with Gasteiger partial charge in [0.25, 0.3) is 5.69 Å². The molecule has 20 heavy (non-hydrogen) atoms. The minimum Gasteiger partial charge on any atom is -0.481 e. The number of aliphatic carboxylic acids is 1. The zero-order valence-electron chi connectivity index (χ0n) is 9.78. The summed E-state index contributed by atoms with van der Waals surface area (Å²) in [6.45, 7) is 0. The Morgan fingerprint density at radius 3 is 2.95 bits per heavy atom. The molecule has 6 nitrogen and oxygen atoms in total. The Balaban J connectivity index is 2.23. The lowest BCUT2D eigenvalue weighted by Crippen LogP contribution is -1.99. The zero-order valence-corrected chi connectivity index (χ0v) is 13.0. The quantitative estimate of drug-likeness (QED) is 0.634. The first-order valence-corrected chi connectivity index (χ1v) is 7.72. The molecular formula is C11H7BrN2O4S2. The van der Waals surface area contributed by atoms with E-state index in [9.17, 15) is 14.9 Å². The van der Waals surface area contributed by atoms with Crippen molar-refractivity contribution in [1.82, 2.24) is 4.98 Å². The molecule has 0 bridgehead atoms. The van der Waals surface area contributed by atoms with Gasteiger partial charge in [0.2, 0.25) is 0 Å². The van der Waals surface area contributed by atoms with Gasteiger partial charge in [-0.1, -0.05) is 27.7 Å². The molecule has 1 aromatic carbocycles. The predicted molar refractivity (Wildman–Crippen MR) is 78.4 cm³/mol. The lowest BCUT2D eigenvalue weighted by atomic mass is 10.3. The summed E-state index contributed by atoms with van der Waals surface area (Å²) in [5.41, 5.74) is 0.434. The second kappa shape index (κ2) is 6.33. The second-order valence-electron chi connectivity index (χ2n) is 3.65. The molecule has 0 saturated heterocycles. The maximum atomic E-state index is 11.0. The van der Waals surface area contributed by atoms with E-state index >= 15 is 0 Å². The number of hydrogen-bond donors (Lipinski definition) is 1. The van der Waals surface area contributed by atoms with Crippen LogP contribution < -0.4 is 0 Å². The number of halogens is 1. The molecule has 0 atom stereocenters. The summed E-state index contributed by atoms with van der Waals surface area (Å²) in [6.07, 6.45) is -0.153. The first-order chi connectivity index (χ1) is 9.45. The number of carbonyl (C=O) groups is 1. The summed E-state index contributed by atoms with van der Waals surface area (Å²) in [5.74, 6) is -0.957. The minimum absolute atomic E-state index is 0.0145. The van der Waals surface area contributed by atoms with Gasteiger partial charge in [0.15, 0.2) is 4.34 Å². The Morgan fingerprint density at radius 1 is 1.55 bits per heavy atom. The van der Waals surface area contributed by atoms with E-state index in [1.54, 1.807) is 17.5 Å². The SMILES string of the molecule is O=C(O)Cc1csc(Sc2ccc(Br)cc2[N+](=O)[O-])n1. The fraction of sp³-hybridized carbons (Fsp3) is 0.0909. The third-order valence-corrected chi connectivity index (χ3v) is 4.72. The fourth-order valence-corrected chi connectivity index (χ4v) is 3.61. The minimum atomic E-state index is -0.957. The van der Waals surface area contributed by atoms with Gasteiger partial charge in [-0.05, 0) is 12.1 Å². The van der Waals surface area contributed by atoms with Gasteiger partial charge in [0.05, 0.1) is 21.9 Å². The van der Waals surface area contributed by atoms with E-state index in [-0.39, 0.29) is 12.1 Å². The van der Waals surface area contributed by atoms with Crippen molar-refractivity contribution in [3.63, 3.8) is 0 Å². The fourth-order valence-electron chi connectivity index (χ4n) is 1.38. The molecule has 9 heteroatoms. The summed E-state index contributed by atoms with van der Waals surface area (Å²) in [7, 11) is 0. The molecule has 2 rings (SSSR count). The van der Waals surface area contributed by atoms with E-state index in [1.807, 2.05) is 0 Å². The predicted octanol–water partition coefficient (Wildman–Crippen LogP) is 3.59. The Kier molecular flexibility index (Phi) is 4.73. The van der Waals surface area contributed by atoms with Crippen molar-refractivity contribution in [2.24, 2.45) is 0 Å². The molecule has 0 spiro atoms. The van der Waals surface area contributed by atoms with Crippen LogP contribution in [0.25, 0.3) is 0 Å².